The van der Waals surface area contributed by atoms with Crippen LogP contribution in [0.1, 0.15) is 16.7 Å². The largest absolute Gasteiger partial charge is 0.608 e. The van der Waals surface area contributed by atoms with E-state index in [1.165, 1.54) is 6.07 Å². The summed E-state index contributed by atoms with van der Waals surface area (Å²) in [6.45, 7) is 1.63. The molecule has 3 aromatic rings. The van der Waals surface area contributed by atoms with Crippen LogP contribution in [0.2, 0.25) is 0 Å². The quantitative estimate of drug-likeness (QED) is 0.467. The van der Waals surface area contributed by atoms with Gasteiger partial charge in [-0.2, -0.15) is 31.1 Å². The number of hydrogen-bond acceptors (Lipinski definition) is 2. The van der Waals surface area contributed by atoms with Crippen molar-refractivity contribution in [3.8, 4) is 5.69 Å². The lowest BCUT2D eigenvalue weighted by atomic mass is 10.1. The summed E-state index contributed by atoms with van der Waals surface area (Å²) in [6.07, 6.45) is -8.80. The third-order valence-electron chi connectivity index (χ3n) is 3.79. The molecule has 2 aromatic carbocycles. The van der Waals surface area contributed by atoms with E-state index in [-0.39, 0.29) is 17.0 Å². The van der Waals surface area contributed by atoms with Crippen molar-refractivity contribution in [3.63, 3.8) is 0 Å². The van der Waals surface area contributed by atoms with Crippen LogP contribution in [-0.2, 0) is 12.4 Å². The van der Waals surface area contributed by atoms with Crippen LogP contribution in [0.4, 0.5) is 26.3 Å². The molecule has 0 saturated heterocycles. The molecule has 0 aliphatic heterocycles. The van der Waals surface area contributed by atoms with Crippen molar-refractivity contribution < 1.29 is 35.3 Å². The number of fused-ring (bicyclic) bond motifs is 1. The van der Waals surface area contributed by atoms with E-state index < -0.39 is 34.9 Å². The fourth-order valence-corrected chi connectivity index (χ4v) is 2.56. The highest BCUT2D eigenvalue weighted by Gasteiger charge is 2.41. The van der Waals surface area contributed by atoms with E-state index in [1.807, 2.05) is 0 Å². The number of alkyl halides is 6. The number of para-hydroxylation sites is 1. The Morgan fingerprint density at radius 2 is 1.65 bits per heavy atom. The second-order valence-electron chi connectivity index (χ2n) is 5.59. The lowest BCUT2D eigenvalue weighted by molar-refractivity contribution is -0.624. The van der Waals surface area contributed by atoms with Crippen LogP contribution >= 0.6 is 0 Å². The molecule has 0 saturated carbocycles. The molecular formula is C17H10F6NO2+. The number of aromatic nitrogens is 1. The maximum absolute atomic E-state index is 13.2. The van der Waals surface area contributed by atoms with Gasteiger partial charge in [-0.15, -0.1) is 0 Å². The van der Waals surface area contributed by atoms with Gasteiger partial charge in [-0.3, -0.25) is 0 Å². The van der Waals surface area contributed by atoms with Gasteiger partial charge in [0.25, 0.3) is 0 Å². The summed E-state index contributed by atoms with van der Waals surface area (Å²) in [7, 11) is 0. The summed E-state index contributed by atoms with van der Waals surface area (Å²) in [5.74, 6) is -1.23. The summed E-state index contributed by atoms with van der Waals surface area (Å²) in [4.78, 5) is 12.2. The van der Waals surface area contributed by atoms with Crippen molar-refractivity contribution >= 4 is 11.0 Å². The van der Waals surface area contributed by atoms with Crippen LogP contribution < -0.4 is 10.3 Å². The highest BCUT2D eigenvalue weighted by Crippen LogP contribution is 2.36. The molecule has 0 radical (unpaired) electrons. The van der Waals surface area contributed by atoms with Crippen LogP contribution in [0.3, 0.4) is 0 Å². The van der Waals surface area contributed by atoms with E-state index in [1.54, 1.807) is 19.1 Å². The van der Waals surface area contributed by atoms with Gasteiger partial charge in [0.2, 0.25) is 5.69 Å². The van der Waals surface area contributed by atoms with Crippen LogP contribution in [0, 0.1) is 6.92 Å². The fraction of sp³-hybridized carbons (Fsp3) is 0.176. The van der Waals surface area contributed by atoms with Crippen molar-refractivity contribution in [1.29, 1.82) is 0 Å². The minimum Gasteiger partial charge on any atom is -0.371 e. The molecule has 0 amide bonds. The van der Waals surface area contributed by atoms with Gasteiger partial charge >= 0.3 is 18.1 Å². The molecule has 1 heterocycles. The number of halogens is 6. The van der Waals surface area contributed by atoms with Crippen LogP contribution in [0.5, 0.6) is 0 Å². The number of rotatable bonds is 1. The first kappa shape index (κ1) is 18.0. The van der Waals surface area contributed by atoms with Crippen LogP contribution in [0.25, 0.3) is 16.7 Å². The van der Waals surface area contributed by atoms with Gasteiger partial charge in [0.15, 0.2) is 11.8 Å². The van der Waals surface area contributed by atoms with Gasteiger partial charge < -0.3 is 4.42 Å². The van der Waals surface area contributed by atoms with Gasteiger partial charge in [-0.1, -0.05) is 16.7 Å². The second kappa shape index (κ2) is 5.86. The Balaban J connectivity index is 2.36. The summed E-state index contributed by atoms with van der Waals surface area (Å²) in [6, 6.07) is 5.58. The molecule has 0 aliphatic rings. The van der Waals surface area contributed by atoms with Crippen molar-refractivity contribution in [1.82, 2.24) is 0 Å². The smallest absolute Gasteiger partial charge is 0.371 e. The Kier molecular flexibility index (Phi) is 4.05. The van der Waals surface area contributed by atoms with Crippen LogP contribution in [-0.4, -0.2) is 0 Å². The molecule has 26 heavy (non-hydrogen) atoms. The Labute approximate surface area is 142 Å². The molecule has 0 N–H and O–H groups in total. The molecule has 1 aromatic heterocycles. The third-order valence-corrected chi connectivity index (χ3v) is 3.79. The standard InChI is InChI=1S/C17H10F6NO2/c1-9-3-2-4-10-8-24(15(25)26-14(9)10)13-7-11(16(18,19)20)5-6-12(13)17(21,22)23/h2-8H,1H3/q+1. The fourth-order valence-electron chi connectivity index (χ4n) is 2.56. The molecule has 9 heteroatoms. The Hall–Kier alpha value is -2.84. The van der Waals surface area contributed by atoms with Gasteiger partial charge in [-0.05, 0) is 30.7 Å². The first-order chi connectivity index (χ1) is 12.0. The van der Waals surface area contributed by atoms with Crippen molar-refractivity contribution in [2.75, 3.05) is 0 Å². The molecule has 0 bridgehead atoms. The number of hydrogen-bond donors (Lipinski definition) is 0. The molecule has 0 unspecified atom stereocenters. The molecule has 0 spiro atoms. The van der Waals surface area contributed by atoms with Crippen molar-refractivity contribution in [2.45, 2.75) is 19.3 Å². The lowest BCUT2D eigenvalue weighted by Gasteiger charge is -2.11. The zero-order valence-electron chi connectivity index (χ0n) is 13.1. The zero-order valence-corrected chi connectivity index (χ0v) is 13.1. The highest BCUT2D eigenvalue weighted by atomic mass is 19.4. The number of nitrogens with zero attached hydrogens (tertiary/aromatic N) is 1. The highest BCUT2D eigenvalue weighted by molar-refractivity contribution is 5.77. The summed E-state index contributed by atoms with van der Waals surface area (Å²) < 4.78 is 84.0. The van der Waals surface area contributed by atoms with E-state index >= 15 is 0 Å². The number of aryl methyl sites for hydroxylation is 1. The monoisotopic (exact) mass is 374 g/mol. The molecule has 0 atom stereocenters. The molecule has 0 fully saturated rings. The van der Waals surface area contributed by atoms with Gasteiger partial charge in [0, 0.05) is 6.07 Å². The zero-order chi connectivity index (χ0) is 19.3. The average Bonchev–Trinajstić information content (AvgIpc) is 2.53. The Morgan fingerprint density at radius 1 is 0.962 bits per heavy atom. The minimum absolute atomic E-state index is 0.147. The van der Waals surface area contributed by atoms with E-state index in [2.05, 4.69) is 0 Å². The molecule has 3 rings (SSSR count). The van der Waals surface area contributed by atoms with Gasteiger partial charge in [-0.25, -0.2) is 0 Å². The van der Waals surface area contributed by atoms with E-state index in [0.29, 0.717) is 22.3 Å². The maximum Gasteiger partial charge on any atom is 0.608 e. The first-order valence-electron chi connectivity index (χ1n) is 7.22. The minimum atomic E-state index is -4.96. The van der Waals surface area contributed by atoms with Crippen molar-refractivity contribution in [3.05, 3.63) is 69.8 Å². The first-order valence-corrected chi connectivity index (χ1v) is 7.22. The summed E-state index contributed by atoms with van der Waals surface area (Å²) >= 11 is 0. The average molecular weight is 374 g/mol. The van der Waals surface area contributed by atoms with E-state index in [4.69, 9.17) is 4.42 Å². The second-order valence-corrected chi connectivity index (χ2v) is 5.59. The maximum atomic E-state index is 13.2. The molecule has 136 valence electrons. The van der Waals surface area contributed by atoms with Gasteiger partial charge in [0.1, 0.15) is 5.56 Å². The third kappa shape index (κ3) is 3.16. The van der Waals surface area contributed by atoms with Crippen LogP contribution in [0.15, 0.2) is 51.8 Å². The summed E-state index contributed by atoms with van der Waals surface area (Å²) in [5, 5.41) is 0.273. The Bertz CT molecular complexity index is 1050. The number of benzene rings is 2. The molecule has 0 aliphatic carbocycles. The normalized spacial score (nSPS) is 12.6. The van der Waals surface area contributed by atoms with E-state index in [0.717, 1.165) is 6.20 Å². The summed E-state index contributed by atoms with van der Waals surface area (Å²) in [5.41, 5.74) is -2.93. The lowest BCUT2D eigenvalue weighted by Crippen LogP contribution is -2.48. The SMILES string of the molecule is Cc1cccc2c[n+](-c3cc(C(F)(F)F)ccc3C(F)(F)F)c(=O)oc12. The predicted molar refractivity (Wildman–Crippen MR) is 78.8 cm³/mol. The van der Waals surface area contributed by atoms with Gasteiger partial charge in [0.05, 0.1) is 10.9 Å². The topological polar surface area (TPSA) is 34.1 Å². The van der Waals surface area contributed by atoms with Crippen molar-refractivity contribution in [2.24, 2.45) is 0 Å². The van der Waals surface area contributed by atoms with E-state index in [9.17, 15) is 31.1 Å². The predicted octanol–water partition coefficient (Wildman–Crippen LogP) is 4.42. The molecular weight excluding hydrogens is 364 g/mol. The molecule has 3 nitrogen and oxygen atoms in total. The Morgan fingerprint density at radius 3 is 2.27 bits per heavy atom.